The standard InChI is InChI=1S/C13H18BrN3O2/c1-13(2,15)8-17-11(18)7-16-12(19)9-4-3-5-10(14)6-9/h3-6H,7-8,15H2,1-2H3,(H,16,19)(H,17,18). The highest BCUT2D eigenvalue weighted by Crippen LogP contribution is 2.11. The molecule has 0 atom stereocenters. The number of benzene rings is 1. The van der Waals surface area contributed by atoms with Crippen LogP contribution in [0.25, 0.3) is 0 Å². The summed E-state index contributed by atoms with van der Waals surface area (Å²) in [6.45, 7) is 3.92. The minimum atomic E-state index is -0.468. The minimum absolute atomic E-state index is 0.0680. The molecule has 0 aliphatic rings. The molecule has 4 N–H and O–H groups in total. The van der Waals surface area contributed by atoms with E-state index in [9.17, 15) is 9.59 Å². The molecular formula is C13H18BrN3O2. The van der Waals surface area contributed by atoms with E-state index in [4.69, 9.17) is 5.73 Å². The summed E-state index contributed by atoms with van der Waals surface area (Å²) in [5.41, 5.74) is 5.77. The van der Waals surface area contributed by atoms with Crippen LogP contribution in [0.3, 0.4) is 0 Å². The summed E-state index contributed by atoms with van der Waals surface area (Å²) in [7, 11) is 0. The molecule has 0 aliphatic heterocycles. The average Bonchev–Trinajstić information content (AvgIpc) is 2.32. The van der Waals surface area contributed by atoms with Crippen molar-refractivity contribution in [2.45, 2.75) is 19.4 Å². The molecule has 0 heterocycles. The summed E-state index contributed by atoms with van der Waals surface area (Å²) in [5.74, 6) is -0.551. The van der Waals surface area contributed by atoms with Crippen LogP contribution < -0.4 is 16.4 Å². The molecule has 104 valence electrons. The van der Waals surface area contributed by atoms with Gasteiger partial charge in [0.25, 0.3) is 5.91 Å². The smallest absolute Gasteiger partial charge is 0.251 e. The van der Waals surface area contributed by atoms with Crippen LogP contribution in [0.2, 0.25) is 0 Å². The Bertz CT molecular complexity index is 469. The van der Waals surface area contributed by atoms with E-state index in [1.165, 1.54) is 0 Å². The molecule has 6 heteroatoms. The summed E-state index contributed by atoms with van der Waals surface area (Å²) in [6, 6.07) is 6.96. The van der Waals surface area contributed by atoms with Gasteiger partial charge >= 0.3 is 0 Å². The number of halogens is 1. The van der Waals surface area contributed by atoms with Gasteiger partial charge in [0, 0.05) is 22.1 Å². The third kappa shape index (κ3) is 6.35. The molecule has 5 nitrogen and oxygen atoms in total. The van der Waals surface area contributed by atoms with Crippen molar-refractivity contribution in [3.63, 3.8) is 0 Å². The predicted octanol–water partition coefficient (Wildman–Crippen LogP) is 1.03. The molecule has 2 amide bonds. The normalized spacial score (nSPS) is 10.9. The monoisotopic (exact) mass is 327 g/mol. The second-order valence-electron chi connectivity index (χ2n) is 4.96. The van der Waals surface area contributed by atoms with E-state index in [1.807, 2.05) is 19.9 Å². The number of carbonyl (C=O) groups is 2. The van der Waals surface area contributed by atoms with Crippen LogP contribution in [-0.2, 0) is 4.79 Å². The third-order valence-electron chi connectivity index (χ3n) is 2.24. The minimum Gasteiger partial charge on any atom is -0.353 e. The molecule has 0 unspecified atom stereocenters. The van der Waals surface area contributed by atoms with Gasteiger partial charge in [-0.3, -0.25) is 9.59 Å². The van der Waals surface area contributed by atoms with E-state index in [2.05, 4.69) is 26.6 Å². The molecule has 1 aromatic rings. The molecule has 0 fully saturated rings. The summed E-state index contributed by atoms with van der Waals surface area (Å²) >= 11 is 3.28. The highest BCUT2D eigenvalue weighted by molar-refractivity contribution is 9.10. The van der Waals surface area contributed by atoms with E-state index in [1.54, 1.807) is 18.2 Å². The Morgan fingerprint density at radius 1 is 1.32 bits per heavy atom. The maximum Gasteiger partial charge on any atom is 0.251 e. The molecule has 19 heavy (non-hydrogen) atoms. The first-order valence-corrected chi connectivity index (χ1v) is 6.66. The largest absolute Gasteiger partial charge is 0.353 e. The molecule has 0 saturated carbocycles. The number of amides is 2. The van der Waals surface area contributed by atoms with Gasteiger partial charge in [0.05, 0.1) is 6.54 Å². The zero-order valence-electron chi connectivity index (χ0n) is 11.0. The number of nitrogens with one attached hydrogen (secondary N) is 2. The van der Waals surface area contributed by atoms with Crippen molar-refractivity contribution < 1.29 is 9.59 Å². The fraction of sp³-hybridized carbons (Fsp3) is 0.385. The quantitative estimate of drug-likeness (QED) is 0.755. The SMILES string of the molecule is CC(C)(N)CNC(=O)CNC(=O)c1cccc(Br)c1. The Labute approximate surface area is 121 Å². The lowest BCUT2D eigenvalue weighted by Crippen LogP contribution is -2.47. The van der Waals surface area contributed by atoms with Gasteiger partial charge in [0.2, 0.25) is 5.91 Å². The topological polar surface area (TPSA) is 84.2 Å². The zero-order chi connectivity index (χ0) is 14.5. The fourth-order valence-electron chi connectivity index (χ4n) is 1.28. The van der Waals surface area contributed by atoms with Crippen molar-refractivity contribution in [2.24, 2.45) is 5.73 Å². The van der Waals surface area contributed by atoms with E-state index < -0.39 is 5.54 Å². The highest BCUT2D eigenvalue weighted by atomic mass is 79.9. The molecular weight excluding hydrogens is 310 g/mol. The Morgan fingerprint density at radius 3 is 2.58 bits per heavy atom. The van der Waals surface area contributed by atoms with Gasteiger partial charge in [0.1, 0.15) is 0 Å². The first kappa shape index (κ1) is 15.7. The van der Waals surface area contributed by atoms with E-state index in [-0.39, 0.29) is 18.4 Å². The maximum absolute atomic E-state index is 11.8. The fourth-order valence-corrected chi connectivity index (χ4v) is 1.68. The van der Waals surface area contributed by atoms with Gasteiger partial charge in [-0.2, -0.15) is 0 Å². The molecule has 0 radical (unpaired) electrons. The first-order valence-electron chi connectivity index (χ1n) is 5.87. The Kier molecular flexibility index (Phi) is 5.50. The highest BCUT2D eigenvalue weighted by Gasteiger charge is 2.13. The molecule has 0 spiro atoms. The first-order chi connectivity index (χ1) is 8.78. The number of rotatable bonds is 5. The summed E-state index contributed by atoms with van der Waals surface area (Å²) < 4.78 is 0.814. The lowest BCUT2D eigenvalue weighted by molar-refractivity contribution is -0.120. The van der Waals surface area contributed by atoms with E-state index in [0.717, 1.165) is 4.47 Å². The van der Waals surface area contributed by atoms with Crippen molar-refractivity contribution in [3.05, 3.63) is 34.3 Å². The van der Waals surface area contributed by atoms with Crippen molar-refractivity contribution in [2.75, 3.05) is 13.1 Å². The molecule has 0 aliphatic carbocycles. The number of hydrogen-bond donors (Lipinski definition) is 3. The zero-order valence-corrected chi connectivity index (χ0v) is 12.6. The summed E-state index contributed by atoms with van der Waals surface area (Å²) in [4.78, 5) is 23.3. The Hall–Kier alpha value is -1.40. The molecule has 0 bridgehead atoms. The molecule has 0 aromatic heterocycles. The van der Waals surface area contributed by atoms with Gasteiger partial charge in [-0.15, -0.1) is 0 Å². The molecule has 1 rings (SSSR count). The second-order valence-corrected chi connectivity index (χ2v) is 5.87. The lowest BCUT2D eigenvalue weighted by Gasteiger charge is -2.18. The van der Waals surface area contributed by atoms with Crippen LogP contribution in [0.15, 0.2) is 28.7 Å². The van der Waals surface area contributed by atoms with Crippen LogP contribution in [0, 0.1) is 0 Å². The van der Waals surface area contributed by atoms with Crippen molar-refractivity contribution >= 4 is 27.7 Å². The van der Waals surface area contributed by atoms with E-state index >= 15 is 0 Å². The third-order valence-corrected chi connectivity index (χ3v) is 2.73. The second kappa shape index (κ2) is 6.68. The van der Waals surface area contributed by atoms with E-state index in [0.29, 0.717) is 12.1 Å². The number of hydrogen-bond acceptors (Lipinski definition) is 3. The van der Waals surface area contributed by atoms with Crippen molar-refractivity contribution in [1.82, 2.24) is 10.6 Å². The van der Waals surface area contributed by atoms with Gasteiger partial charge < -0.3 is 16.4 Å². The van der Waals surface area contributed by atoms with Crippen LogP contribution in [0.4, 0.5) is 0 Å². The number of nitrogens with two attached hydrogens (primary N) is 1. The van der Waals surface area contributed by atoms with Crippen LogP contribution >= 0.6 is 15.9 Å². The lowest BCUT2D eigenvalue weighted by atomic mass is 10.1. The molecule has 1 aromatic carbocycles. The predicted molar refractivity (Wildman–Crippen MR) is 77.8 cm³/mol. The van der Waals surface area contributed by atoms with Gasteiger partial charge in [-0.25, -0.2) is 0 Å². The number of carbonyl (C=O) groups excluding carboxylic acids is 2. The Balaban J connectivity index is 2.40. The molecule has 0 saturated heterocycles. The van der Waals surface area contributed by atoms with Crippen molar-refractivity contribution in [1.29, 1.82) is 0 Å². The maximum atomic E-state index is 11.8. The average molecular weight is 328 g/mol. The van der Waals surface area contributed by atoms with Crippen LogP contribution in [0.1, 0.15) is 24.2 Å². The summed E-state index contributed by atoms with van der Waals surface area (Å²) in [6.07, 6.45) is 0. The Morgan fingerprint density at radius 2 is 2.00 bits per heavy atom. The van der Waals surface area contributed by atoms with Crippen LogP contribution in [0.5, 0.6) is 0 Å². The van der Waals surface area contributed by atoms with Gasteiger partial charge in [-0.05, 0) is 32.0 Å². The van der Waals surface area contributed by atoms with Gasteiger partial charge in [0.15, 0.2) is 0 Å². The van der Waals surface area contributed by atoms with Gasteiger partial charge in [-0.1, -0.05) is 22.0 Å². The van der Waals surface area contributed by atoms with Crippen LogP contribution in [-0.4, -0.2) is 30.4 Å². The summed E-state index contributed by atoms with van der Waals surface area (Å²) in [5, 5.41) is 5.20. The van der Waals surface area contributed by atoms with Crippen molar-refractivity contribution in [3.8, 4) is 0 Å².